The van der Waals surface area contributed by atoms with Crippen LogP contribution in [0.3, 0.4) is 0 Å². The molecule has 0 N–H and O–H groups in total. The molecule has 2 heterocycles. The Morgan fingerprint density at radius 3 is 1.96 bits per heavy atom. The van der Waals surface area contributed by atoms with Crippen molar-refractivity contribution >= 4 is 34.7 Å². The number of aromatic nitrogens is 1. The molecule has 2 amide bonds. The molecule has 2 atom stereocenters. The SMILES string of the molecule is CO[C@@]1(OC(=O)c2ccccc2)C(=O)N(C2CCCCC2)C(=O)[C@]1(OC(=O)c1ccccc1)c1ccc(OCc2ccc3ccccc3n2)cc1. The Morgan fingerprint density at radius 2 is 1.31 bits per heavy atom. The van der Waals surface area contributed by atoms with Gasteiger partial charge in [0.2, 0.25) is 0 Å². The first-order chi connectivity index (χ1) is 24.9. The number of rotatable bonds is 10. The number of nitrogens with zero attached hydrogens (tertiary/aromatic N) is 2. The number of esters is 2. The number of imide groups is 1. The highest BCUT2D eigenvalue weighted by atomic mass is 16.7. The molecule has 4 aromatic carbocycles. The van der Waals surface area contributed by atoms with E-state index >= 15 is 4.79 Å². The lowest BCUT2D eigenvalue weighted by atomic mass is 9.85. The molecule has 0 unspecified atom stereocenters. The van der Waals surface area contributed by atoms with Gasteiger partial charge >= 0.3 is 23.6 Å². The summed E-state index contributed by atoms with van der Waals surface area (Å²) in [5, 5.41) is 1.01. The molecule has 1 aliphatic heterocycles. The van der Waals surface area contributed by atoms with Crippen molar-refractivity contribution in [2.75, 3.05) is 7.11 Å². The smallest absolute Gasteiger partial charge is 0.348 e. The Hall–Kier alpha value is -5.87. The van der Waals surface area contributed by atoms with E-state index < -0.39 is 41.2 Å². The summed E-state index contributed by atoms with van der Waals surface area (Å²) >= 11 is 0. The number of likely N-dealkylation sites (tertiary alicyclic amines) is 1. The summed E-state index contributed by atoms with van der Waals surface area (Å²) < 4.78 is 24.2. The first-order valence-corrected chi connectivity index (χ1v) is 16.9. The lowest BCUT2D eigenvalue weighted by molar-refractivity contribution is -0.254. The van der Waals surface area contributed by atoms with Crippen LogP contribution in [0.25, 0.3) is 10.9 Å². The number of para-hydroxylation sites is 1. The molecule has 10 nitrogen and oxygen atoms in total. The van der Waals surface area contributed by atoms with Crippen molar-refractivity contribution in [2.45, 2.75) is 56.1 Å². The minimum absolute atomic E-state index is 0.0577. The van der Waals surface area contributed by atoms with Gasteiger partial charge in [-0.25, -0.2) is 14.6 Å². The van der Waals surface area contributed by atoms with E-state index in [0.717, 1.165) is 42.2 Å². The molecule has 51 heavy (non-hydrogen) atoms. The second kappa shape index (κ2) is 14.2. The van der Waals surface area contributed by atoms with Crippen LogP contribution in [0, 0.1) is 0 Å². The number of carbonyl (C=O) groups excluding carboxylic acids is 4. The highest BCUT2D eigenvalue weighted by Crippen LogP contribution is 2.51. The Labute approximate surface area is 294 Å². The summed E-state index contributed by atoms with van der Waals surface area (Å²) in [7, 11) is 1.16. The summed E-state index contributed by atoms with van der Waals surface area (Å²) in [4.78, 5) is 63.2. The molecule has 1 saturated heterocycles. The Morgan fingerprint density at radius 1 is 0.706 bits per heavy atom. The van der Waals surface area contributed by atoms with E-state index in [-0.39, 0.29) is 23.3 Å². The number of pyridine rings is 1. The zero-order valence-electron chi connectivity index (χ0n) is 28.0. The van der Waals surface area contributed by atoms with E-state index in [1.807, 2.05) is 36.4 Å². The largest absolute Gasteiger partial charge is 0.487 e. The standard InChI is InChI=1S/C41H36N2O8/c1-48-41(51-37(45)30-16-7-3-8-17-30)39(47)43(33-18-9-4-10-19-33)38(46)40(41,50-36(44)29-14-5-2-6-15-29)31-22-25-34(26-23-31)49-27-32-24-21-28-13-11-12-20-35(28)42-32/h2-3,5-8,11-17,20-26,33H,4,9-10,18-19,27H2,1H3/t40-,41-/m1/s1. The molecule has 2 aliphatic rings. The second-order valence-electron chi connectivity index (χ2n) is 12.6. The molecule has 0 spiro atoms. The van der Waals surface area contributed by atoms with Crippen molar-refractivity contribution in [1.29, 1.82) is 0 Å². The topological polar surface area (TPSA) is 121 Å². The number of methoxy groups -OCH3 is 1. The average molecular weight is 685 g/mol. The van der Waals surface area contributed by atoms with Crippen molar-refractivity contribution in [3.05, 3.63) is 144 Å². The molecule has 5 aromatic rings. The van der Waals surface area contributed by atoms with Gasteiger partial charge < -0.3 is 18.9 Å². The Balaban J connectivity index is 1.32. The fraction of sp³-hybridized carbons (Fsp3) is 0.244. The van der Waals surface area contributed by atoms with Gasteiger partial charge in [0, 0.05) is 24.1 Å². The first kappa shape index (κ1) is 33.6. The van der Waals surface area contributed by atoms with Crippen molar-refractivity contribution in [2.24, 2.45) is 0 Å². The van der Waals surface area contributed by atoms with E-state index in [9.17, 15) is 14.4 Å². The predicted octanol–water partition coefficient (Wildman–Crippen LogP) is 6.77. The normalized spacial score (nSPS) is 20.7. The summed E-state index contributed by atoms with van der Waals surface area (Å²) in [6, 6.07) is 33.4. The van der Waals surface area contributed by atoms with E-state index in [2.05, 4.69) is 4.98 Å². The van der Waals surface area contributed by atoms with Gasteiger partial charge in [-0.05, 0) is 61.4 Å². The number of carbonyl (C=O) groups is 4. The molecule has 258 valence electrons. The van der Waals surface area contributed by atoms with Crippen molar-refractivity contribution in [3.8, 4) is 5.75 Å². The highest BCUT2D eigenvalue weighted by molar-refractivity contribution is 6.15. The number of fused-ring (bicyclic) bond motifs is 1. The molecule has 1 saturated carbocycles. The molecule has 0 bridgehead atoms. The van der Waals surface area contributed by atoms with Crippen LogP contribution in [0.5, 0.6) is 5.75 Å². The van der Waals surface area contributed by atoms with Gasteiger partial charge in [0.1, 0.15) is 12.4 Å². The van der Waals surface area contributed by atoms with Gasteiger partial charge in [-0.2, -0.15) is 0 Å². The zero-order chi connectivity index (χ0) is 35.4. The predicted molar refractivity (Wildman–Crippen MR) is 186 cm³/mol. The molecular weight excluding hydrogens is 648 g/mol. The number of hydrogen-bond acceptors (Lipinski definition) is 9. The minimum Gasteiger partial charge on any atom is -0.487 e. The maximum absolute atomic E-state index is 15.0. The van der Waals surface area contributed by atoms with Crippen LogP contribution in [-0.4, -0.2) is 52.6 Å². The third kappa shape index (κ3) is 6.12. The monoisotopic (exact) mass is 684 g/mol. The summed E-state index contributed by atoms with van der Waals surface area (Å²) in [6.45, 7) is 0.155. The molecule has 1 aromatic heterocycles. The lowest BCUT2D eigenvalue weighted by Crippen LogP contribution is -2.60. The van der Waals surface area contributed by atoms with Crippen LogP contribution in [0.4, 0.5) is 0 Å². The molecule has 1 aliphatic carbocycles. The summed E-state index contributed by atoms with van der Waals surface area (Å²) in [5.41, 5.74) is -0.732. The van der Waals surface area contributed by atoms with E-state index in [4.69, 9.17) is 18.9 Å². The fourth-order valence-corrected chi connectivity index (χ4v) is 6.92. The second-order valence-corrected chi connectivity index (χ2v) is 12.6. The average Bonchev–Trinajstić information content (AvgIpc) is 3.36. The zero-order valence-corrected chi connectivity index (χ0v) is 28.0. The van der Waals surface area contributed by atoms with Crippen LogP contribution in [0.15, 0.2) is 121 Å². The van der Waals surface area contributed by atoms with Gasteiger partial charge in [0.15, 0.2) is 0 Å². The van der Waals surface area contributed by atoms with Gasteiger partial charge in [0.05, 0.1) is 22.3 Å². The van der Waals surface area contributed by atoms with Crippen molar-refractivity contribution in [3.63, 3.8) is 0 Å². The molecule has 2 fully saturated rings. The number of amides is 2. The van der Waals surface area contributed by atoms with Gasteiger partial charge in [-0.3, -0.25) is 14.5 Å². The quantitative estimate of drug-likeness (QED) is 0.0892. The minimum atomic E-state index is -2.71. The summed E-state index contributed by atoms with van der Waals surface area (Å²) in [6.07, 6.45) is 3.63. The lowest BCUT2D eigenvalue weighted by Gasteiger charge is -2.38. The van der Waals surface area contributed by atoms with Gasteiger partial charge in [-0.15, -0.1) is 0 Å². The number of benzene rings is 4. The van der Waals surface area contributed by atoms with Crippen molar-refractivity contribution in [1.82, 2.24) is 9.88 Å². The molecule has 0 radical (unpaired) electrons. The van der Waals surface area contributed by atoms with E-state index in [1.54, 1.807) is 48.5 Å². The fourth-order valence-electron chi connectivity index (χ4n) is 6.92. The maximum atomic E-state index is 15.0. The number of hydrogen-bond donors (Lipinski definition) is 0. The summed E-state index contributed by atoms with van der Waals surface area (Å²) in [5.74, 6) is -5.93. The number of ether oxygens (including phenoxy) is 4. The van der Waals surface area contributed by atoms with Gasteiger partial charge in [-0.1, -0.05) is 92.1 Å². The van der Waals surface area contributed by atoms with Crippen LogP contribution in [-0.2, 0) is 36.0 Å². The van der Waals surface area contributed by atoms with E-state index in [0.29, 0.717) is 24.3 Å². The van der Waals surface area contributed by atoms with Gasteiger partial charge in [0.25, 0.3) is 11.5 Å². The molecule has 7 rings (SSSR count). The van der Waals surface area contributed by atoms with Crippen molar-refractivity contribution < 1.29 is 38.1 Å². The van der Waals surface area contributed by atoms with Crippen LogP contribution in [0.2, 0.25) is 0 Å². The maximum Gasteiger partial charge on any atom is 0.348 e. The first-order valence-electron chi connectivity index (χ1n) is 16.9. The van der Waals surface area contributed by atoms with E-state index in [1.165, 1.54) is 36.4 Å². The van der Waals surface area contributed by atoms with Crippen LogP contribution in [0.1, 0.15) is 64.1 Å². The Bertz CT molecular complexity index is 2060. The molecule has 10 heteroatoms. The van der Waals surface area contributed by atoms with Crippen LogP contribution < -0.4 is 4.74 Å². The third-order valence-electron chi connectivity index (χ3n) is 9.52. The third-order valence-corrected chi connectivity index (χ3v) is 9.52. The highest BCUT2D eigenvalue weighted by Gasteiger charge is 2.78. The van der Waals surface area contributed by atoms with Crippen LogP contribution >= 0.6 is 0 Å². The Kier molecular flexibility index (Phi) is 9.34. The molecular formula is C41H36N2O8.